The van der Waals surface area contributed by atoms with Crippen LogP contribution >= 0.6 is 50.1 Å². The number of cyclic esters (lactones) is 1. The third-order valence-electron chi connectivity index (χ3n) is 3.98. The molecule has 0 bridgehead atoms. The molecule has 1 aliphatic heterocycles. The van der Waals surface area contributed by atoms with Crippen LogP contribution < -0.4 is 9.47 Å². The van der Waals surface area contributed by atoms with Gasteiger partial charge < -0.3 is 18.9 Å². The molecule has 0 saturated heterocycles. The summed E-state index contributed by atoms with van der Waals surface area (Å²) in [5.41, 5.74) is 1.33. The van der Waals surface area contributed by atoms with Crippen LogP contribution in [0.4, 0.5) is 0 Å². The monoisotopic (exact) mass is 619 g/mol. The van der Waals surface area contributed by atoms with E-state index in [1.165, 1.54) is 13.2 Å². The van der Waals surface area contributed by atoms with Gasteiger partial charge in [-0.25, -0.2) is 14.6 Å². The van der Waals surface area contributed by atoms with Gasteiger partial charge in [-0.15, -0.1) is 0 Å². The predicted molar refractivity (Wildman–Crippen MR) is 128 cm³/mol. The van der Waals surface area contributed by atoms with Crippen LogP contribution in [-0.4, -0.2) is 38.2 Å². The first-order valence-electron chi connectivity index (χ1n) is 8.96. The van der Waals surface area contributed by atoms with E-state index < -0.39 is 11.9 Å². The number of nitrogens with zero attached hydrogens (tertiary/aromatic N) is 1. The summed E-state index contributed by atoms with van der Waals surface area (Å²) < 4.78 is 22.8. The molecule has 0 aromatic heterocycles. The van der Waals surface area contributed by atoms with Crippen molar-refractivity contribution < 1.29 is 28.5 Å². The van der Waals surface area contributed by atoms with Crippen molar-refractivity contribution in [3.8, 4) is 11.5 Å². The summed E-state index contributed by atoms with van der Waals surface area (Å²) in [4.78, 5) is 28.1. The van der Waals surface area contributed by atoms with E-state index in [0.29, 0.717) is 16.9 Å². The van der Waals surface area contributed by atoms with Crippen LogP contribution in [-0.2, 0) is 19.1 Å². The van der Waals surface area contributed by atoms with Gasteiger partial charge in [0.2, 0.25) is 5.90 Å². The molecule has 0 amide bonds. The molecule has 7 nitrogen and oxygen atoms in total. The van der Waals surface area contributed by atoms with Gasteiger partial charge in [0.15, 0.2) is 23.8 Å². The van der Waals surface area contributed by atoms with E-state index in [0.717, 1.165) is 8.04 Å². The highest BCUT2D eigenvalue weighted by molar-refractivity contribution is 14.1. The van der Waals surface area contributed by atoms with E-state index in [-0.39, 0.29) is 35.6 Å². The van der Waals surface area contributed by atoms with Gasteiger partial charge in [-0.05, 0) is 87.4 Å². The lowest BCUT2D eigenvalue weighted by Gasteiger charge is -2.12. The molecule has 2 aromatic rings. The summed E-state index contributed by atoms with van der Waals surface area (Å²) in [5, 5.41) is 0.202. The Morgan fingerprint density at radius 3 is 2.77 bits per heavy atom. The Hall–Kier alpha value is -2.11. The average Bonchev–Trinajstić information content (AvgIpc) is 3.09. The summed E-state index contributed by atoms with van der Waals surface area (Å²) in [6.45, 7) is 1.64. The summed E-state index contributed by atoms with van der Waals surface area (Å²) in [6.07, 6.45) is 1.53. The molecule has 0 spiro atoms. The highest BCUT2D eigenvalue weighted by Gasteiger charge is 2.25. The Balaban J connectivity index is 1.87. The van der Waals surface area contributed by atoms with Crippen LogP contribution in [0.25, 0.3) is 6.08 Å². The fourth-order valence-corrected chi connectivity index (χ4v) is 3.60. The standard InChI is InChI=1S/C21H16BrClINO6/c1-3-29-18(26)10-30-19-14(23)6-11(8-17(19)28-2)7-16-21(27)31-20(25-16)12-4-5-15(24)13(22)9-12/h4-9H,3,10H2,1-2H3/b16-7-. The molecule has 162 valence electrons. The molecule has 0 atom stereocenters. The quantitative estimate of drug-likeness (QED) is 0.246. The highest BCUT2D eigenvalue weighted by Crippen LogP contribution is 2.37. The second-order valence-corrected chi connectivity index (χ2v) is 8.52. The number of methoxy groups -OCH3 is 1. The largest absolute Gasteiger partial charge is 0.493 e. The molecule has 3 rings (SSSR count). The van der Waals surface area contributed by atoms with Gasteiger partial charge in [0.1, 0.15) is 0 Å². The molecule has 2 aromatic carbocycles. The summed E-state index contributed by atoms with van der Waals surface area (Å²) in [7, 11) is 1.44. The summed E-state index contributed by atoms with van der Waals surface area (Å²) in [5.74, 6) is -0.408. The van der Waals surface area contributed by atoms with Crippen molar-refractivity contribution in [2.24, 2.45) is 4.99 Å². The Morgan fingerprint density at radius 1 is 1.32 bits per heavy atom. The van der Waals surface area contributed by atoms with Gasteiger partial charge in [0, 0.05) is 13.6 Å². The first-order valence-corrected chi connectivity index (χ1v) is 11.2. The first-order chi connectivity index (χ1) is 14.8. The molecule has 1 aliphatic rings. The lowest BCUT2D eigenvalue weighted by atomic mass is 10.1. The van der Waals surface area contributed by atoms with Gasteiger partial charge in [0.05, 0.1) is 18.7 Å². The van der Waals surface area contributed by atoms with Crippen LogP contribution in [0.1, 0.15) is 18.1 Å². The van der Waals surface area contributed by atoms with Gasteiger partial charge >= 0.3 is 11.9 Å². The van der Waals surface area contributed by atoms with Crippen LogP contribution in [0.15, 0.2) is 45.5 Å². The lowest BCUT2D eigenvalue weighted by molar-refractivity contribution is -0.145. The molecule has 0 radical (unpaired) electrons. The van der Waals surface area contributed by atoms with E-state index >= 15 is 0 Å². The van der Waals surface area contributed by atoms with E-state index in [2.05, 4.69) is 43.5 Å². The summed E-state index contributed by atoms with van der Waals surface area (Å²) >= 11 is 11.9. The smallest absolute Gasteiger partial charge is 0.363 e. The van der Waals surface area contributed by atoms with Gasteiger partial charge in [-0.2, -0.15) is 0 Å². The molecule has 0 unspecified atom stereocenters. The number of carbonyl (C=O) groups excluding carboxylic acids is 2. The van der Waals surface area contributed by atoms with Gasteiger partial charge in [-0.3, -0.25) is 0 Å². The molecular weight excluding hydrogens is 604 g/mol. The molecule has 0 fully saturated rings. The van der Waals surface area contributed by atoms with E-state index in [9.17, 15) is 9.59 Å². The molecule has 0 N–H and O–H groups in total. The van der Waals surface area contributed by atoms with Crippen molar-refractivity contribution in [2.45, 2.75) is 6.92 Å². The molecule has 10 heteroatoms. The maximum absolute atomic E-state index is 12.3. The van der Waals surface area contributed by atoms with E-state index in [1.54, 1.807) is 19.1 Å². The van der Waals surface area contributed by atoms with Crippen molar-refractivity contribution in [1.82, 2.24) is 0 Å². The van der Waals surface area contributed by atoms with Crippen molar-refractivity contribution in [3.63, 3.8) is 0 Å². The number of ether oxygens (including phenoxy) is 4. The minimum atomic E-state index is -0.581. The van der Waals surface area contributed by atoms with Crippen LogP contribution in [0.2, 0.25) is 5.02 Å². The number of aliphatic imine (C=N–C) groups is 1. The number of benzene rings is 2. The Bertz CT molecular complexity index is 1100. The maximum atomic E-state index is 12.3. The van der Waals surface area contributed by atoms with Crippen molar-refractivity contribution in [1.29, 1.82) is 0 Å². The molecule has 0 aliphatic carbocycles. The second kappa shape index (κ2) is 10.5. The topological polar surface area (TPSA) is 83.4 Å². The molecule has 0 saturated carbocycles. The fraction of sp³-hybridized carbons (Fsp3) is 0.190. The Labute approximate surface area is 205 Å². The number of hydrogen-bond donors (Lipinski definition) is 0. The van der Waals surface area contributed by atoms with Crippen molar-refractivity contribution >= 4 is 74.0 Å². The van der Waals surface area contributed by atoms with Crippen LogP contribution in [0.5, 0.6) is 11.5 Å². The second-order valence-electron chi connectivity index (χ2n) is 6.09. The van der Waals surface area contributed by atoms with Crippen molar-refractivity contribution in [3.05, 3.63) is 60.2 Å². The van der Waals surface area contributed by atoms with Crippen molar-refractivity contribution in [2.75, 3.05) is 20.3 Å². The number of rotatable bonds is 7. The fourth-order valence-electron chi connectivity index (χ4n) is 2.62. The summed E-state index contributed by atoms with van der Waals surface area (Å²) in [6, 6.07) is 8.71. The molecule has 1 heterocycles. The normalized spacial score (nSPS) is 14.3. The first kappa shape index (κ1) is 23.6. The maximum Gasteiger partial charge on any atom is 0.363 e. The number of esters is 2. The third-order valence-corrected chi connectivity index (χ3v) is 6.60. The van der Waals surface area contributed by atoms with E-state index in [1.807, 2.05) is 18.2 Å². The minimum absolute atomic E-state index is 0.114. The Morgan fingerprint density at radius 2 is 2.10 bits per heavy atom. The zero-order valence-electron chi connectivity index (χ0n) is 16.4. The minimum Gasteiger partial charge on any atom is -0.493 e. The third kappa shape index (κ3) is 5.78. The zero-order chi connectivity index (χ0) is 22.5. The van der Waals surface area contributed by atoms with Crippen LogP contribution in [0, 0.1) is 3.57 Å². The number of halogens is 3. The lowest BCUT2D eigenvalue weighted by Crippen LogP contribution is -2.15. The predicted octanol–water partition coefficient (Wildman–Crippen LogP) is 5.00. The molecule has 31 heavy (non-hydrogen) atoms. The molecular formula is C21H16BrClINO6. The zero-order valence-corrected chi connectivity index (χ0v) is 20.9. The Kier molecular flexibility index (Phi) is 7.95. The van der Waals surface area contributed by atoms with E-state index in [4.69, 9.17) is 30.5 Å². The highest BCUT2D eigenvalue weighted by atomic mass is 127. The SMILES string of the molecule is CCOC(=O)COc1c(Cl)cc(/C=C2\N=C(c3ccc(I)c(Br)c3)OC2=O)cc1OC. The van der Waals surface area contributed by atoms with Gasteiger partial charge in [0.25, 0.3) is 0 Å². The number of hydrogen-bond acceptors (Lipinski definition) is 7. The van der Waals surface area contributed by atoms with Gasteiger partial charge in [-0.1, -0.05) is 11.6 Å². The average molecular weight is 621 g/mol. The van der Waals surface area contributed by atoms with Crippen LogP contribution in [0.3, 0.4) is 0 Å². The number of carbonyl (C=O) groups is 2.